The van der Waals surface area contributed by atoms with E-state index in [0.29, 0.717) is 12.4 Å². The maximum atomic E-state index is 11.2. The second-order valence-electron chi connectivity index (χ2n) is 5.37. The van der Waals surface area contributed by atoms with Crippen molar-refractivity contribution in [3.8, 4) is 17.2 Å². The molecule has 0 spiro atoms. The van der Waals surface area contributed by atoms with Crippen LogP contribution in [-0.4, -0.2) is 31.4 Å². The van der Waals surface area contributed by atoms with E-state index in [1.807, 2.05) is 42.5 Å². The number of carboxylic acids is 1. The number of hydrogen-bond donors (Lipinski definition) is 1. The number of rotatable bonds is 7. The van der Waals surface area contributed by atoms with Crippen molar-refractivity contribution in [3.05, 3.63) is 66.2 Å². The summed E-state index contributed by atoms with van der Waals surface area (Å²) in [6, 6.07) is 18.5. The third-order valence-electron chi connectivity index (χ3n) is 3.75. The Kier molecular flexibility index (Phi) is 5.04. The normalized spacial score (nSPS) is 10.4. The van der Waals surface area contributed by atoms with Crippen molar-refractivity contribution in [1.82, 2.24) is 0 Å². The van der Waals surface area contributed by atoms with Crippen LogP contribution < -0.4 is 14.2 Å². The summed E-state index contributed by atoms with van der Waals surface area (Å²) in [5.74, 6) is 0.490. The molecule has 5 heteroatoms. The Labute approximate surface area is 145 Å². The first-order valence-corrected chi connectivity index (χ1v) is 7.83. The van der Waals surface area contributed by atoms with Crippen LogP contribution in [0.4, 0.5) is 0 Å². The van der Waals surface area contributed by atoms with E-state index >= 15 is 0 Å². The third-order valence-corrected chi connectivity index (χ3v) is 3.75. The molecule has 5 nitrogen and oxygen atoms in total. The average Bonchev–Trinajstić information content (AvgIpc) is 2.64. The molecule has 0 bridgehead atoms. The summed E-state index contributed by atoms with van der Waals surface area (Å²) in [5, 5.41) is 11.5. The Morgan fingerprint density at radius 3 is 2.36 bits per heavy atom. The zero-order chi connectivity index (χ0) is 17.6. The van der Waals surface area contributed by atoms with Crippen LogP contribution in [0.2, 0.25) is 0 Å². The Morgan fingerprint density at radius 2 is 1.60 bits per heavy atom. The molecule has 128 valence electrons. The Hall–Kier alpha value is -3.21. The maximum Gasteiger partial charge on any atom is 0.339 e. The molecule has 0 atom stereocenters. The van der Waals surface area contributed by atoms with Crippen LogP contribution in [0.5, 0.6) is 17.2 Å². The van der Waals surface area contributed by atoms with E-state index in [2.05, 4.69) is 0 Å². The largest absolute Gasteiger partial charge is 0.497 e. The summed E-state index contributed by atoms with van der Waals surface area (Å²) < 4.78 is 16.4. The summed E-state index contributed by atoms with van der Waals surface area (Å²) in [6.07, 6.45) is 0. The second kappa shape index (κ2) is 7.57. The van der Waals surface area contributed by atoms with E-state index in [4.69, 9.17) is 14.2 Å². The standard InChI is InChI=1S/C20H18O5/c1-23-16-8-9-18(20(21)22)19(13-16)25-11-10-24-17-7-6-14-4-2-3-5-15(14)12-17/h2-9,12-13H,10-11H2,1H3,(H,21,22). The molecule has 0 radical (unpaired) electrons. The monoisotopic (exact) mass is 338 g/mol. The Bertz CT molecular complexity index is 888. The highest BCUT2D eigenvalue weighted by atomic mass is 16.5. The number of carboxylic acid groups (broad SMARTS) is 1. The molecule has 0 aliphatic carbocycles. The lowest BCUT2D eigenvalue weighted by atomic mass is 10.1. The van der Waals surface area contributed by atoms with Crippen molar-refractivity contribution >= 4 is 16.7 Å². The van der Waals surface area contributed by atoms with Crippen LogP contribution in [0.3, 0.4) is 0 Å². The lowest BCUT2D eigenvalue weighted by Gasteiger charge is -2.12. The average molecular weight is 338 g/mol. The number of methoxy groups -OCH3 is 1. The van der Waals surface area contributed by atoms with Gasteiger partial charge in [-0.25, -0.2) is 4.79 Å². The van der Waals surface area contributed by atoms with Gasteiger partial charge < -0.3 is 19.3 Å². The molecule has 0 saturated carbocycles. The molecular formula is C20H18O5. The van der Waals surface area contributed by atoms with Crippen LogP contribution in [-0.2, 0) is 0 Å². The predicted molar refractivity (Wildman–Crippen MR) is 94.9 cm³/mol. The first kappa shape index (κ1) is 16.6. The van der Waals surface area contributed by atoms with Crippen molar-refractivity contribution in [1.29, 1.82) is 0 Å². The van der Waals surface area contributed by atoms with Crippen molar-refractivity contribution in [2.75, 3.05) is 20.3 Å². The van der Waals surface area contributed by atoms with Crippen molar-refractivity contribution in [3.63, 3.8) is 0 Å². The number of fused-ring (bicyclic) bond motifs is 1. The topological polar surface area (TPSA) is 65.0 Å². The van der Waals surface area contributed by atoms with E-state index in [-0.39, 0.29) is 17.9 Å². The predicted octanol–water partition coefficient (Wildman–Crippen LogP) is 4.00. The first-order chi connectivity index (χ1) is 12.2. The molecule has 0 aromatic heterocycles. The van der Waals surface area contributed by atoms with Crippen molar-refractivity contribution in [2.45, 2.75) is 0 Å². The SMILES string of the molecule is COc1ccc(C(=O)O)c(OCCOc2ccc3ccccc3c2)c1. The molecule has 1 N–H and O–H groups in total. The van der Waals surface area contributed by atoms with Gasteiger partial charge in [0.1, 0.15) is 36.0 Å². The number of carbonyl (C=O) groups is 1. The highest BCUT2D eigenvalue weighted by Gasteiger charge is 2.12. The van der Waals surface area contributed by atoms with Crippen LogP contribution in [0.25, 0.3) is 10.8 Å². The van der Waals surface area contributed by atoms with Gasteiger partial charge in [0.2, 0.25) is 0 Å². The smallest absolute Gasteiger partial charge is 0.339 e. The lowest BCUT2D eigenvalue weighted by Crippen LogP contribution is -2.11. The van der Waals surface area contributed by atoms with E-state index < -0.39 is 5.97 Å². The highest BCUT2D eigenvalue weighted by Crippen LogP contribution is 2.25. The van der Waals surface area contributed by atoms with E-state index in [1.54, 1.807) is 12.1 Å². The lowest BCUT2D eigenvalue weighted by molar-refractivity contribution is 0.0691. The molecule has 0 heterocycles. The molecule has 25 heavy (non-hydrogen) atoms. The fourth-order valence-corrected chi connectivity index (χ4v) is 2.49. The number of aromatic carboxylic acids is 1. The van der Waals surface area contributed by atoms with Gasteiger partial charge in [-0.2, -0.15) is 0 Å². The minimum Gasteiger partial charge on any atom is -0.497 e. The van der Waals surface area contributed by atoms with E-state index in [9.17, 15) is 9.90 Å². The first-order valence-electron chi connectivity index (χ1n) is 7.83. The Balaban J connectivity index is 1.61. The van der Waals surface area contributed by atoms with Gasteiger partial charge in [0.25, 0.3) is 0 Å². The molecule has 0 fully saturated rings. The second-order valence-corrected chi connectivity index (χ2v) is 5.37. The van der Waals surface area contributed by atoms with Gasteiger partial charge in [-0.15, -0.1) is 0 Å². The van der Waals surface area contributed by atoms with Crippen LogP contribution in [0, 0.1) is 0 Å². The minimum absolute atomic E-state index is 0.0894. The molecular weight excluding hydrogens is 320 g/mol. The highest BCUT2D eigenvalue weighted by molar-refractivity contribution is 5.91. The fraction of sp³-hybridized carbons (Fsp3) is 0.150. The molecule has 3 rings (SSSR count). The van der Waals surface area contributed by atoms with Gasteiger partial charge in [0.05, 0.1) is 7.11 Å². The summed E-state index contributed by atoms with van der Waals surface area (Å²) >= 11 is 0. The van der Waals surface area contributed by atoms with Gasteiger partial charge in [0.15, 0.2) is 0 Å². The number of benzene rings is 3. The zero-order valence-corrected chi connectivity index (χ0v) is 13.8. The number of ether oxygens (including phenoxy) is 3. The minimum atomic E-state index is -1.05. The molecule has 0 aliphatic heterocycles. The van der Waals surface area contributed by atoms with E-state index in [1.165, 1.54) is 13.2 Å². The van der Waals surface area contributed by atoms with E-state index in [0.717, 1.165) is 16.5 Å². The van der Waals surface area contributed by atoms with Gasteiger partial charge in [-0.05, 0) is 35.0 Å². The summed E-state index contributed by atoms with van der Waals surface area (Å²) in [5.41, 5.74) is 0.0894. The summed E-state index contributed by atoms with van der Waals surface area (Å²) in [4.78, 5) is 11.2. The van der Waals surface area contributed by atoms with Crippen LogP contribution in [0.1, 0.15) is 10.4 Å². The van der Waals surface area contributed by atoms with Crippen molar-refractivity contribution < 1.29 is 24.1 Å². The van der Waals surface area contributed by atoms with Crippen LogP contribution in [0.15, 0.2) is 60.7 Å². The zero-order valence-electron chi connectivity index (χ0n) is 13.8. The van der Waals surface area contributed by atoms with Crippen LogP contribution >= 0.6 is 0 Å². The van der Waals surface area contributed by atoms with Gasteiger partial charge in [0, 0.05) is 6.07 Å². The molecule has 0 aliphatic rings. The third kappa shape index (κ3) is 4.01. The molecule has 0 unspecified atom stereocenters. The quantitative estimate of drug-likeness (QED) is 0.660. The molecule has 0 saturated heterocycles. The molecule has 3 aromatic carbocycles. The van der Waals surface area contributed by atoms with Gasteiger partial charge in [-0.3, -0.25) is 0 Å². The Morgan fingerprint density at radius 1 is 0.880 bits per heavy atom. The van der Waals surface area contributed by atoms with Gasteiger partial charge in [-0.1, -0.05) is 30.3 Å². The maximum absolute atomic E-state index is 11.2. The van der Waals surface area contributed by atoms with Crippen molar-refractivity contribution in [2.24, 2.45) is 0 Å². The molecule has 0 amide bonds. The van der Waals surface area contributed by atoms with Gasteiger partial charge >= 0.3 is 5.97 Å². The summed E-state index contributed by atoms with van der Waals surface area (Å²) in [7, 11) is 1.52. The fourth-order valence-electron chi connectivity index (χ4n) is 2.49. The summed E-state index contributed by atoms with van der Waals surface area (Å²) in [6.45, 7) is 0.523. The molecule has 3 aromatic rings. The number of hydrogen-bond acceptors (Lipinski definition) is 4.